The van der Waals surface area contributed by atoms with E-state index in [0.29, 0.717) is 6.07 Å². The number of rotatable bonds is 3. The Kier molecular flexibility index (Phi) is 4.87. The number of hydrazone groups is 1. The van der Waals surface area contributed by atoms with Crippen LogP contribution in [0.3, 0.4) is 0 Å². The Morgan fingerprint density at radius 3 is 1.91 bits per heavy atom. The van der Waals surface area contributed by atoms with Gasteiger partial charge in [-0.2, -0.15) is 42.0 Å². The van der Waals surface area contributed by atoms with Crippen molar-refractivity contribution in [2.24, 2.45) is 5.10 Å². The van der Waals surface area contributed by atoms with Gasteiger partial charge >= 0.3 is 12.4 Å². The number of alkyl halides is 6. The molecule has 0 atom stereocenters. The Morgan fingerprint density at radius 2 is 1.48 bits per heavy atom. The predicted molar refractivity (Wildman–Crippen MR) is 64.7 cm³/mol. The molecule has 0 radical (unpaired) electrons. The number of benzene rings is 1. The van der Waals surface area contributed by atoms with E-state index in [1.807, 2.05) is 0 Å². The fourth-order valence-corrected chi connectivity index (χ4v) is 1.55. The highest BCUT2D eigenvalue weighted by molar-refractivity contribution is 6.10. The largest absolute Gasteiger partial charge is 0.430 e. The van der Waals surface area contributed by atoms with Crippen LogP contribution in [-0.2, 0) is 5.60 Å². The number of halogens is 6. The summed E-state index contributed by atoms with van der Waals surface area (Å²) in [6.07, 6.45) is -12.1. The number of anilines is 1. The molecule has 0 bridgehead atoms. The maximum absolute atomic E-state index is 12.9. The normalized spacial score (nSPS) is 12.0. The minimum atomic E-state index is -6.07. The zero-order valence-electron chi connectivity index (χ0n) is 10.9. The van der Waals surface area contributed by atoms with Crippen molar-refractivity contribution in [2.45, 2.75) is 18.0 Å². The molecule has 1 aromatic rings. The Hall–Kier alpha value is -2.79. The second-order valence-corrected chi connectivity index (χ2v) is 4.05. The van der Waals surface area contributed by atoms with Crippen molar-refractivity contribution in [1.82, 2.24) is 0 Å². The van der Waals surface area contributed by atoms with Crippen LogP contribution in [-0.4, -0.2) is 23.2 Å². The molecule has 23 heavy (non-hydrogen) atoms. The summed E-state index contributed by atoms with van der Waals surface area (Å²) in [5, 5.41) is 29.3. The van der Waals surface area contributed by atoms with Crippen LogP contribution < -0.4 is 5.43 Å². The average molecular weight is 336 g/mol. The molecular formula is C12H6F6N4O. The van der Waals surface area contributed by atoms with Crippen LogP contribution in [0.2, 0.25) is 0 Å². The van der Waals surface area contributed by atoms with Gasteiger partial charge < -0.3 is 5.11 Å². The van der Waals surface area contributed by atoms with E-state index in [0.717, 1.165) is 18.2 Å². The monoisotopic (exact) mass is 336 g/mol. The second-order valence-electron chi connectivity index (χ2n) is 4.05. The van der Waals surface area contributed by atoms with Crippen LogP contribution in [0.25, 0.3) is 0 Å². The SMILES string of the molecule is N#CC(C#N)=NNc1ccccc1C(O)(C(F)(F)F)C(F)(F)F. The van der Waals surface area contributed by atoms with Crippen molar-refractivity contribution in [3.8, 4) is 12.1 Å². The fourth-order valence-electron chi connectivity index (χ4n) is 1.55. The maximum Gasteiger partial charge on any atom is 0.430 e. The van der Waals surface area contributed by atoms with Gasteiger partial charge in [0, 0.05) is 5.56 Å². The summed E-state index contributed by atoms with van der Waals surface area (Å²) in [6.45, 7) is 0. The van der Waals surface area contributed by atoms with Gasteiger partial charge in [-0.15, -0.1) is 0 Å². The van der Waals surface area contributed by atoms with E-state index in [2.05, 4.69) is 5.10 Å². The molecule has 0 fully saturated rings. The van der Waals surface area contributed by atoms with Crippen molar-refractivity contribution in [1.29, 1.82) is 10.5 Å². The first-order chi connectivity index (χ1) is 10.5. The lowest BCUT2D eigenvalue weighted by Crippen LogP contribution is -2.54. The van der Waals surface area contributed by atoms with Gasteiger partial charge in [-0.25, -0.2) is 0 Å². The molecule has 5 nitrogen and oxygen atoms in total. The average Bonchev–Trinajstić information content (AvgIpc) is 2.45. The second kappa shape index (κ2) is 6.14. The molecular weight excluding hydrogens is 330 g/mol. The summed E-state index contributed by atoms with van der Waals surface area (Å²) >= 11 is 0. The number of nitrogens with one attached hydrogen (secondary N) is 1. The van der Waals surface area contributed by atoms with E-state index in [1.54, 1.807) is 5.43 Å². The minimum Gasteiger partial charge on any atom is -0.369 e. The van der Waals surface area contributed by atoms with Crippen LogP contribution >= 0.6 is 0 Å². The minimum absolute atomic E-state index is 0.400. The number of aliphatic hydroxyl groups is 1. The summed E-state index contributed by atoms with van der Waals surface area (Å²) in [4.78, 5) is 0. The van der Waals surface area contributed by atoms with Gasteiger partial charge in [-0.3, -0.25) is 5.43 Å². The Morgan fingerprint density at radius 1 is 1.00 bits per heavy atom. The van der Waals surface area contributed by atoms with Crippen molar-refractivity contribution in [2.75, 3.05) is 5.43 Å². The molecule has 1 rings (SSSR count). The van der Waals surface area contributed by atoms with E-state index in [-0.39, 0.29) is 0 Å². The van der Waals surface area contributed by atoms with Gasteiger partial charge in [0.05, 0.1) is 5.69 Å². The van der Waals surface area contributed by atoms with Gasteiger partial charge in [0.25, 0.3) is 5.60 Å². The summed E-state index contributed by atoms with van der Waals surface area (Å²) in [5.41, 5.74) is -6.68. The molecule has 0 amide bonds. The zero-order chi connectivity index (χ0) is 17.9. The third kappa shape index (κ3) is 3.35. The summed E-state index contributed by atoms with van der Waals surface area (Å²) in [6, 6.07) is 5.62. The van der Waals surface area contributed by atoms with Crippen LogP contribution in [0.4, 0.5) is 32.0 Å². The Balaban J connectivity index is 3.52. The zero-order valence-corrected chi connectivity index (χ0v) is 10.9. The molecule has 0 aromatic heterocycles. The van der Waals surface area contributed by atoms with Gasteiger partial charge in [-0.1, -0.05) is 18.2 Å². The predicted octanol–water partition coefficient (Wildman–Crippen LogP) is 2.81. The smallest absolute Gasteiger partial charge is 0.369 e. The van der Waals surface area contributed by atoms with Crippen molar-refractivity contribution >= 4 is 11.4 Å². The van der Waals surface area contributed by atoms with Crippen LogP contribution in [0.1, 0.15) is 5.56 Å². The standard InChI is InChI=1S/C12H6F6N4O/c13-11(14,15)10(23,12(16,17)18)8-3-1-2-4-9(8)22-21-7(5-19)6-20/h1-4,22-23H. The first kappa shape index (κ1) is 18.3. The molecule has 0 aliphatic rings. The first-order valence-electron chi connectivity index (χ1n) is 5.58. The van der Waals surface area contributed by atoms with Crippen molar-refractivity contribution in [3.63, 3.8) is 0 Å². The summed E-state index contributed by atoms with van der Waals surface area (Å²) < 4.78 is 77.2. The van der Waals surface area contributed by atoms with Crippen LogP contribution in [0, 0.1) is 22.7 Å². The maximum atomic E-state index is 12.9. The van der Waals surface area contributed by atoms with E-state index < -0.39 is 34.9 Å². The van der Waals surface area contributed by atoms with Gasteiger partial charge in [0.2, 0.25) is 5.71 Å². The van der Waals surface area contributed by atoms with Gasteiger partial charge in [0.15, 0.2) is 0 Å². The third-order valence-electron chi connectivity index (χ3n) is 2.64. The highest BCUT2D eigenvalue weighted by atomic mass is 19.4. The molecule has 0 aliphatic heterocycles. The Bertz CT molecular complexity index is 665. The highest BCUT2D eigenvalue weighted by Crippen LogP contribution is 2.51. The lowest BCUT2D eigenvalue weighted by atomic mass is 9.91. The third-order valence-corrected chi connectivity index (χ3v) is 2.64. The highest BCUT2D eigenvalue weighted by Gasteiger charge is 2.72. The Labute approximate surface area is 125 Å². The molecule has 0 heterocycles. The lowest BCUT2D eigenvalue weighted by Gasteiger charge is -2.33. The molecule has 0 saturated heterocycles. The van der Waals surface area contributed by atoms with Crippen molar-refractivity contribution in [3.05, 3.63) is 29.8 Å². The topological polar surface area (TPSA) is 92.2 Å². The summed E-state index contributed by atoms with van der Waals surface area (Å²) in [7, 11) is 0. The molecule has 0 unspecified atom stereocenters. The number of nitrogens with zero attached hydrogens (tertiary/aromatic N) is 3. The molecule has 122 valence electrons. The molecule has 0 aliphatic carbocycles. The molecule has 1 aromatic carbocycles. The van der Waals surface area contributed by atoms with Gasteiger partial charge in [0.1, 0.15) is 12.1 Å². The number of hydrogen-bond donors (Lipinski definition) is 2. The first-order valence-corrected chi connectivity index (χ1v) is 5.58. The lowest BCUT2D eigenvalue weighted by molar-refractivity contribution is -0.376. The number of hydrogen-bond acceptors (Lipinski definition) is 5. The molecule has 2 N–H and O–H groups in total. The van der Waals surface area contributed by atoms with Gasteiger partial charge in [-0.05, 0) is 6.07 Å². The van der Waals surface area contributed by atoms with E-state index in [1.165, 1.54) is 12.1 Å². The molecule has 11 heteroatoms. The summed E-state index contributed by atoms with van der Waals surface area (Å²) in [5.74, 6) is 0. The fraction of sp³-hybridized carbons (Fsp3) is 0.250. The van der Waals surface area contributed by atoms with E-state index in [4.69, 9.17) is 10.5 Å². The quantitative estimate of drug-likeness (QED) is 0.504. The van der Waals surface area contributed by atoms with Crippen LogP contribution in [0.15, 0.2) is 29.4 Å². The number of para-hydroxylation sites is 1. The van der Waals surface area contributed by atoms with Crippen molar-refractivity contribution < 1.29 is 31.4 Å². The molecule has 0 saturated carbocycles. The molecule has 0 spiro atoms. The van der Waals surface area contributed by atoms with E-state index >= 15 is 0 Å². The van der Waals surface area contributed by atoms with Crippen LogP contribution in [0.5, 0.6) is 0 Å². The number of nitriles is 2. The van der Waals surface area contributed by atoms with E-state index in [9.17, 15) is 31.4 Å².